The second-order valence-electron chi connectivity index (χ2n) is 3.23. The van der Waals surface area contributed by atoms with Crippen molar-refractivity contribution in [3.05, 3.63) is 29.8 Å². The number of nitrogens with zero attached hydrogens (tertiary/aromatic N) is 1. The van der Waals surface area contributed by atoms with Crippen LogP contribution in [0.2, 0.25) is 0 Å². The standard InChI is InChI=1S/C10H15NO.ClH/c1-8(11(2)3)9-4-6-10(12)7-5-9;/h4-8,12H,1-3H3;1H. The third-order valence-electron chi connectivity index (χ3n) is 2.15. The van der Waals surface area contributed by atoms with Crippen LogP contribution in [0.25, 0.3) is 0 Å². The van der Waals surface area contributed by atoms with Gasteiger partial charge in [-0.3, -0.25) is 0 Å². The highest BCUT2D eigenvalue weighted by Gasteiger charge is 2.06. The van der Waals surface area contributed by atoms with Crippen LogP contribution in [0.1, 0.15) is 18.5 Å². The fraction of sp³-hybridized carbons (Fsp3) is 0.400. The van der Waals surface area contributed by atoms with Gasteiger partial charge in [-0.15, -0.1) is 12.4 Å². The Morgan fingerprint density at radius 1 is 1.15 bits per heavy atom. The molecule has 3 heteroatoms. The first-order valence-electron chi connectivity index (χ1n) is 4.06. The summed E-state index contributed by atoms with van der Waals surface area (Å²) in [5.41, 5.74) is 1.22. The van der Waals surface area contributed by atoms with E-state index < -0.39 is 0 Å². The number of hydrogen-bond acceptors (Lipinski definition) is 2. The van der Waals surface area contributed by atoms with E-state index >= 15 is 0 Å². The average molecular weight is 202 g/mol. The molecule has 0 aromatic heterocycles. The minimum atomic E-state index is 0. The number of rotatable bonds is 2. The molecule has 0 radical (unpaired) electrons. The van der Waals surface area contributed by atoms with Gasteiger partial charge in [-0.25, -0.2) is 0 Å². The highest BCUT2D eigenvalue weighted by molar-refractivity contribution is 5.85. The molecule has 1 N–H and O–H groups in total. The molecule has 2 nitrogen and oxygen atoms in total. The second-order valence-corrected chi connectivity index (χ2v) is 3.23. The zero-order valence-corrected chi connectivity index (χ0v) is 9.01. The van der Waals surface area contributed by atoms with E-state index in [0.717, 1.165) is 0 Å². The lowest BCUT2D eigenvalue weighted by Gasteiger charge is -2.19. The number of halogens is 1. The smallest absolute Gasteiger partial charge is 0.115 e. The topological polar surface area (TPSA) is 23.5 Å². The van der Waals surface area contributed by atoms with E-state index in [9.17, 15) is 0 Å². The summed E-state index contributed by atoms with van der Waals surface area (Å²) in [4.78, 5) is 2.13. The molecule has 1 unspecified atom stereocenters. The lowest BCUT2D eigenvalue weighted by Crippen LogP contribution is -2.16. The highest BCUT2D eigenvalue weighted by atomic mass is 35.5. The zero-order valence-electron chi connectivity index (χ0n) is 8.19. The van der Waals surface area contributed by atoms with Crippen molar-refractivity contribution in [2.75, 3.05) is 14.1 Å². The van der Waals surface area contributed by atoms with Crippen LogP contribution in [0.15, 0.2) is 24.3 Å². The van der Waals surface area contributed by atoms with E-state index in [0.29, 0.717) is 11.8 Å². The quantitative estimate of drug-likeness (QED) is 0.795. The highest BCUT2D eigenvalue weighted by Crippen LogP contribution is 2.19. The summed E-state index contributed by atoms with van der Waals surface area (Å²) in [5, 5.41) is 9.06. The first-order valence-corrected chi connectivity index (χ1v) is 4.06. The second kappa shape index (κ2) is 5.10. The molecular formula is C10H16ClNO. The van der Waals surface area contributed by atoms with Gasteiger partial charge in [-0.1, -0.05) is 12.1 Å². The molecule has 0 fully saturated rings. The molecule has 0 saturated carbocycles. The Morgan fingerprint density at radius 3 is 2.00 bits per heavy atom. The van der Waals surface area contributed by atoms with Gasteiger partial charge in [-0.2, -0.15) is 0 Å². The lowest BCUT2D eigenvalue weighted by molar-refractivity contribution is 0.321. The maximum Gasteiger partial charge on any atom is 0.115 e. The molecular weight excluding hydrogens is 186 g/mol. The van der Waals surface area contributed by atoms with E-state index in [1.54, 1.807) is 12.1 Å². The van der Waals surface area contributed by atoms with Crippen LogP contribution < -0.4 is 0 Å². The van der Waals surface area contributed by atoms with Crippen molar-refractivity contribution < 1.29 is 5.11 Å². The molecule has 0 amide bonds. The Balaban J connectivity index is 0.00000144. The Bertz CT molecular complexity index is 246. The molecule has 1 atom stereocenters. The van der Waals surface area contributed by atoms with Gasteiger partial charge in [0.2, 0.25) is 0 Å². The summed E-state index contributed by atoms with van der Waals surface area (Å²) >= 11 is 0. The number of hydrogen-bond donors (Lipinski definition) is 1. The molecule has 0 saturated heterocycles. The molecule has 0 spiro atoms. The molecule has 13 heavy (non-hydrogen) atoms. The van der Waals surface area contributed by atoms with Gasteiger partial charge in [0, 0.05) is 6.04 Å². The van der Waals surface area contributed by atoms with Gasteiger partial charge in [0.1, 0.15) is 5.75 Å². The Kier molecular flexibility index (Phi) is 4.81. The summed E-state index contributed by atoms with van der Waals surface area (Å²) in [6, 6.07) is 7.72. The summed E-state index contributed by atoms with van der Waals surface area (Å²) in [7, 11) is 4.08. The Hall–Kier alpha value is -0.730. The van der Waals surface area contributed by atoms with Crippen LogP contribution in [-0.4, -0.2) is 24.1 Å². The molecule has 1 aromatic rings. The summed E-state index contributed by atoms with van der Waals surface area (Å²) in [5.74, 6) is 0.324. The molecule has 0 aliphatic heterocycles. The predicted molar refractivity (Wildman–Crippen MR) is 57.5 cm³/mol. The molecule has 0 aliphatic carbocycles. The van der Waals surface area contributed by atoms with Crippen molar-refractivity contribution in [2.24, 2.45) is 0 Å². The van der Waals surface area contributed by atoms with E-state index in [1.165, 1.54) is 5.56 Å². The molecule has 1 rings (SSSR count). The molecule has 0 bridgehead atoms. The summed E-state index contributed by atoms with van der Waals surface area (Å²) in [6.07, 6.45) is 0. The maximum absolute atomic E-state index is 9.06. The number of phenolic OH excluding ortho intramolecular Hbond substituents is 1. The number of aromatic hydroxyl groups is 1. The van der Waals surface area contributed by atoms with Gasteiger partial charge in [0.05, 0.1) is 0 Å². The zero-order chi connectivity index (χ0) is 9.14. The van der Waals surface area contributed by atoms with Crippen molar-refractivity contribution in [3.63, 3.8) is 0 Å². The minimum Gasteiger partial charge on any atom is -0.508 e. The Morgan fingerprint density at radius 2 is 1.62 bits per heavy atom. The molecule has 0 heterocycles. The number of phenols is 1. The van der Waals surface area contributed by atoms with Crippen molar-refractivity contribution in [1.29, 1.82) is 0 Å². The molecule has 74 valence electrons. The average Bonchev–Trinajstić information content (AvgIpc) is 2.04. The van der Waals surface area contributed by atoms with Crippen LogP contribution in [0.5, 0.6) is 5.75 Å². The first-order chi connectivity index (χ1) is 5.61. The van der Waals surface area contributed by atoms with Gasteiger partial charge in [0.15, 0.2) is 0 Å². The van der Waals surface area contributed by atoms with E-state index in [1.807, 2.05) is 26.2 Å². The SMILES string of the molecule is CC(c1ccc(O)cc1)N(C)C.Cl. The van der Waals surface area contributed by atoms with Gasteiger partial charge >= 0.3 is 0 Å². The summed E-state index contributed by atoms with van der Waals surface area (Å²) in [6.45, 7) is 2.13. The number of benzene rings is 1. The van der Waals surface area contributed by atoms with Crippen molar-refractivity contribution in [2.45, 2.75) is 13.0 Å². The minimum absolute atomic E-state index is 0. The largest absolute Gasteiger partial charge is 0.508 e. The van der Waals surface area contributed by atoms with Crippen LogP contribution >= 0.6 is 12.4 Å². The third kappa shape index (κ3) is 3.25. The fourth-order valence-corrected chi connectivity index (χ4v) is 1.05. The predicted octanol–water partition coefficient (Wildman–Crippen LogP) is 2.44. The fourth-order valence-electron chi connectivity index (χ4n) is 1.05. The van der Waals surface area contributed by atoms with Crippen LogP contribution in [0.4, 0.5) is 0 Å². The van der Waals surface area contributed by atoms with E-state index in [-0.39, 0.29) is 12.4 Å². The third-order valence-corrected chi connectivity index (χ3v) is 2.15. The molecule has 1 aromatic carbocycles. The maximum atomic E-state index is 9.06. The van der Waals surface area contributed by atoms with E-state index in [2.05, 4.69) is 11.8 Å². The van der Waals surface area contributed by atoms with Crippen LogP contribution in [-0.2, 0) is 0 Å². The van der Waals surface area contributed by atoms with Gasteiger partial charge < -0.3 is 10.0 Å². The van der Waals surface area contributed by atoms with Crippen molar-refractivity contribution in [3.8, 4) is 5.75 Å². The van der Waals surface area contributed by atoms with Crippen molar-refractivity contribution >= 4 is 12.4 Å². The lowest BCUT2D eigenvalue weighted by atomic mass is 10.1. The van der Waals surface area contributed by atoms with Crippen LogP contribution in [0.3, 0.4) is 0 Å². The van der Waals surface area contributed by atoms with E-state index in [4.69, 9.17) is 5.11 Å². The normalized spacial score (nSPS) is 12.3. The van der Waals surface area contributed by atoms with Gasteiger partial charge in [0.25, 0.3) is 0 Å². The Labute approximate surface area is 85.6 Å². The van der Waals surface area contributed by atoms with Crippen LogP contribution in [0, 0.1) is 0 Å². The summed E-state index contributed by atoms with van der Waals surface area (Å²) < 4.78 is 0. The van der Waals surface area contributed by atoms with Crippen molar-refractivity contribution in [1.82, 2.24) is 4.90 Å². The van der Waals surface area contributed by atoms with Gasteiger partial charge in [-0.05, 0) is 38.7 Å². The monoisotopic (exact) mass is 201 g/mol. The first kappa shape index (κ1) is 12.3. The molecule has 0 aliphatic rings.